The number of carbonyl (C=O) groups is 3. The van der Waals surface area contributed by atoms with Crippen LogP contribution in [0.1, 0.15) is 33.8 Å². The van der Waals surface area contributed by atoms with Crippen LogP contribution in [0.4, 0.5) is 14.5 Å². The molecule has 11 nitrogen and oxygen atoms in total. The van der Waals surface area contributed by atoms with Gasteiger partial charge in [-0.3, -0.25) is 14.4 Å². The van der Waals surface area contributed by atoms with Gasteiger partial charge in [-0.25, -0.2) is 9.37 Å². The number of rotatable bonds is 7. The van der Waals surface area contributed by atoms with Crippen molar-refractivity contribution in [3.63, 3.8) is 0 Å². The summed E-state index contributed by atoms with van der Waals surface area (Å²) < 4.78 is 35.0. The lowest BCUT2D eigenvalue weighted by Crippen LogP contribution is -2.48. The molecule has 0 saturated carbocycles. The third-order valence-electron chi connectivity index (χ3n) is 7.85. The lowest BCUT2D eigenvalue weighted by molar-refractivity contribution is -0.127. The highest BCUT2D eigenvalue weighted by molar-refractivity contribution is 6.34. The number of hydrogen-bond donors (Lipinski definition) is 4. The zero-order valence-corrected chi connectivity index (χ0v) is 24.3. The normalized spacial score (nSPS) is 18.9. The second-order valence-corrected chi connectivity index (χ2v) is 10.9. The van der Waals surface area contributed by atoms with Crippen molar-refractivity contribution in [1.29, 1.82) is 0 Å². The molecule has 2 aliphatic rings. The highest BCUT2D eigenvalue weighted by atomic mass is 35.5. The van der Waals surface area contributed by atoms with E-state index >= 15 is 0 Å². The number of amides is 3. The van der Waals surface area contributed by atoms with E-state index in [1.54, 1.807) is 4.90 Å². The molecule has 14 heteroatoms. The highest BCUT2D eigenvalue weighted by Crippen LogP contribution is 2.30. The first-order valence-corrected chi connectivity index (χ1v) is 14.1. The number of anilines is 1. The summed E-state index contributed by atoms with van der Waals surface area (Å²) in [5.74, 6) is -3.88. The van der Waals surface area contributed by atoms with Crippen molar-refractivity contribution in [2.75, 3.05) is 38.6 Å². The molecule has 2 atom stereocenters. The van der Waals surface area contributed by atoms with Gasteiger partial charge in [-0.1, -0.05) is 11.6 Å². The SMILES string of the molecule is COc1ccc(-c2cnc(C(=O)Nc3ccc(C(=O)N4CCC(C(=O)N[C@@H]5CNC[C@H]5O)CC4)c(Cl)c3)n2C)c(F)c1F. The van der Waals surface area contributed by atoms with E-state index in [-0.39, 0.29) is 57.2 Å². The Morgan fingerprint density at radius 3 is 2.51 bits per heavy atom. The molecular weight excluding hydrogens is 586 g/mol. The minimum atomic E-state index is -1.15. The van der Waals surface area contributed by atoms with E-state index in [0.717, 1.165) is 0 Å². The standard InChI is InChI=1S/C29H31ClF2N6O5/c1-37-21(18-5-6-23(43-2)25(32)24(18)31)13-34-26(37)28(41)35-16-3-4-17(19(30)11-16)29(42)38-9-7-15(8-10-38)27(40)36-20-12-33-14-22(20)39/h3-6,11,13,15,20,22,33,39H,7-10,12,14H2,1-2H3,(H,35,41)(H,36,40)/t20-,22-/m1/s1. The number of carbonyl (C=O) groups excluding carboxylic acids is 3. The number of likely N-dealkylation sites (tertiary alicyclic amines) is 1. The number of nitrogens with zero attached hydrogens (tertiary/aromatic N) is 3. The van der Waals surface area contributed by atoms with Gasteiger partial charge in [0.05, 0.1) is 41.7 Å². The minimum absolute atomic E-state index is 0.0625. The molecule has 2 aromatic carbocycles. The molecule has 0 radical (unpaired) electrons. The number of benzene rings is 2. The Morgan fingerprint density at radius 1 is 1.12 bits per heavy atom. The molecule has 0 unspecified atom stereocenters. The van der Waals surface area contributed by atoms with Crippen LogP contribution in [0.2, 0.25) is 5.02 Å². The lowest BCUT2D eigenvalue weighted by Gasteiger charge is -2.32. The molecule has 5 rings (SSSR count). The van der Waals surface area contributed by atoms with Crippen LogP contribution < -0.4 is 20.7 Å². The van der Waals surface area contributed by atoms with Gasteiger partial charge in [-0.05, 0) is 43.2 Å². The summed E-state index contributed by atoms with van der Waals surface area (Å²) in [4.78, 5) is 44.5. The van der Waals surface area contributed by atoms with Crippen molar-refractivity contribution in [1.82, 2.24) is 25.1 Å². The van der Waals surface area contributed by atoms with Crippen LogP contribution in [-0.2, 0) is 11.8 Å². The van der Waals surface area contributed by atoms with Gasteiger partial charge in [0.15, 0.2) is 17.4 Å². The number of ether oxygens (including phenoxy) is 1. The monoisotopic (exact) mass is 616 g/mol. The van der Waals surface area contributed by atoms with Crippen LogP contribution in [0.3, 0.4) is 0 Å². The van der Waals surface area contributed by atoms with Gasteiger partial charge in [0, 0.05) is 50.4 Å². The quantitative estimate of drug-likeness (QED) is 0.320. The number of β-amino-alcohol motifs (C(OH)–C–C–N with tert-alkyl or cyclic N) is 1. The molecule has 3 heterocycles. The Hall–Kier alpha value is -4.07. The molecule has 228 valence electrons. The predicted octanol–water partition coefficient (Wildman–Crippen LogP) is 2.58. The number of halogens is 3. The summed E-state index contributed by atoms with van der Waals surface area (Å²) in [6.45, 7) is 1.71. The Bertz CT molecular complexity index is 1560. The maximum absolute atomic E-state index is 14.6. The van der Waals surface area contributed by atoms with Gasteiger partial charge in [-0.15, -0.1) is 0 Å². The van der Waals surface area contributed by atoms with Crippen molar-refractivity contribution in [2.24, 2.45) is 13.0 Å². The smallest absolute Gasteiger partial charge is 0.291 e. The van der Waals surface area contributed by atoms with E-state index in [4.69, 9.17) is 16.3 Å². The molecule has 0 spiro atoms. The highest BCUT2D eigenvalue weighted by Gasteiger charge is 2.32. The lowest BCUT2D eigenvalue weighted by atomic mass is 9.95. The molecule has 2 fully saturated rings. The van der Waals surface area contributed by atoms with Crippen LogP contribution >= 0.6 is 11.6 Å². The van der Waals surface area contributed by atoms with Crippen LogP contribution in [-0.4, -0.2) is 82.7 Å². The van der Waals surface area contributed by atoms with E-state index in [1.807, 2.05) is 0 Å². The van der Waals surface area contributed by atoms with E-state index in [9.17, 15) is 28.3 Å². The van der Waals surface area contributed by atoms with Gasteiger partial charge in [0.2, 0.25) is 11.7 Å². The molecular formula is C29H31ClF2N6O5. The molecule has 43 heavy (non-hydrogen) atoms. The molecule has 4 N–H and O–H groups in total. The Kier molecular flexibility index (Phi) is 8.95. The van der Waals surface area contributed by atoms with Crippen molar-refractivity contribution in [3.05, 3.63) is 64.6 Å². The summed E-state index contributed by atoms with van der Waals surface area (Å²) in [5.41, 5.74) is 0.640. The topological polar surface area (TPSA) is 138 Å². The number of methoxy groups -OCH3 is 1. The van der Waals surface area contributed by atoms with Gasteiger partial charge in [-0.2, -0.15) is 4.39 Å². The number of aliphatic hydroxyl groups excluding tert-OH is 1. The Balaban J connectivity index is 1.20. The Labute approximate surface area is 251 Å². The molecule has 1 aromatic heterocycles. The maximum atomic E-state index is 14.6. The molecule has 2 aliphatic heterocycles. The first-order valence-electron chi connectivity index (χ1n) is 13.7. The molecule has 3 aromatic rings. The average molecular weight is 617 g/mol. The summed E-state index contributed by atoms with van der Waals surface area (Å²) in [6, 6.07) is 6.78. The van der Waals surface area contributed by atoms with Crippen molar-refractivity contribution in [3.8, 4) is 17.0 Å². The second-order valence-electron chi connectivity index (χ2n) is 10.5. The number of imidazole rings is 1. The molecule has 3 amide bonds. The number of nitrogens with one attached hydrogen (secondary N) is 3. The van der Waals surface area contributed by atoms with E-state index in [0.29, 0.717) is 44.7 Å². The van der Waals surface area contributed by atoms with Gasteiger partial charge in [0.25, 0.3) is 11.8 Å². The summed E-state index contributed by atoms with van der Waals surface area (Å²) >= 11 is 6.43. The number of aromatic nitrogens is 2. The summed E-state index contributed by atoms with van der Waals surface area (Å²) in [7, 11) is 2.72. The maximum Gasteiger partial charge on any atom is 0.291 e. The Morgan fingerprint density at radius 2 is 1.86 bits per heavy atom. The van der Waals surface area contributed by atoms with E-state index < -0.39 is 23.6 Å². The predicted molar refractivity (Wildman–Crippen MR) is 154 cm³/mol. The number of aliphatic hydroxyl groups is 1. The molecule has 0 aliphatic carbocycles. The summed E-state index contributed by atoms with van der Waals surface area (Å²) in [6.07, 6.45) is 1.61. The third-order valence-corrected chi connectivity index (χ3v) is 8.17. The van der Waals surface area contributed by atoms with Crippen molar-refractivity contribution in [2.45, 2.75) is 25.0 Å². The zero-order chi connectivity index (χ0) is 30.8. The van der Waals surface area contributed by atoms with Crippen molar-refractivity contribution >= 4 is 35.0 Å². The van der Waals surface area contributed by atoms with E-state index in [1.165, 1.54) is 55.3 Å². The zero-order valence-electron chi connectivity index (χ0n) is 23.5. The van der Waals surface area contributed by atoms with E-state index in [2.05, 4.69) is 20.9 Å². The minimum Gasteiger partial charge on any atom is -0.494 e. The van der Waals surface area contributed by atoms with Crippen LogP contribution in [0.15, 0.2) is 36.5 Å². The average Bonchev–Trinajstić information content (AvgIpc) is 3.58. The fraction of sp³-hybridized carbons (Fsp3) is 0.379. The van der Waals surface area contributed by atoms with Crippen LogP contribution in [0.5, 0.6) is 5.75 Å². The fourth-order valence-corrected chi connectivity index (χ4v) is 5.60. The first kappa shape index (κ1) is 30.4. The fourth-order valence-electron chi connectivity index (χ4n) is 5.34. The number of piperidine rings is 1. The first-order chi connectivity index (χ1) is 20.6. The van der Waals surface area contributed by atoms with Gasteiger partial charge in [0.1, 0.15) is 0 Å². The molecule has 2 saturated heterocycles. The van der Waals surface area contributed by atoms with Crippen molar-refractivity contribution < 1.29 is 33.0 Å². The number of hydrogen-bond acceptors (Lipinski definition) is 7. The molecule has 0 bridgehead atoms. The van der Waals surface area contributed by atoms with Gasteiger partial charge >= 0.3 is 0 Å². The van der Waals surface area contributed by atoms with Crippen LogP contribution in [0, 0.1) is 17.6 Å². The van der Waals surface area contributed by atoms with Gasteiger partial charge < -0.3 is 35.3 Å². The third kappa shape index (κ3) is 6.19. The second kappa shape index (κ2) is 12.7. The summed E-state index contributed by atoms with van der Waals surface area (Å²) in [5, 5.41) is 18.6. The van der Waals surface area contributed by atoms with Crippen LogP contribution in [0.25, 0.3) is 11.3 Å². The largest absolute Gasteiger partial charge is 0.494 e.